The molecule has 1 aromatic heterocycles. The van der Waals surface area contributed by atoms with Crippen molar-refractivity contribution in [3.63, 3.8) is 0 Å². The van der Waals surface area contributed by atoms with Gasteiger partial charge in [0.2, 0.25) is 0 Å². The Morgan fingerprint density at radius 2 is 1.88 bits per heavy atom. The number of aliphatic hydroxyl groups is 1. The highest BCUT2D eigenvalue weighted by atomic mass is 16.3. The van der Waals surface area contributed by atoms with Gasteiger partial charge in [-0.3, -0.25) is 0 Å². The van der Waals surface area contributed by atoms with Crippen molar-refractivity contribution in [1.82, 2.24) is 4.98 Å². The molecule has 3 nitrogen and oxygen atoms in total. The summed E-state index contributed by atoms with van der Waals surface area (Å²) in [6.45, 7) is 8.18. The zero-order valence-corrected chi connectivity index (χ0v) is 10.5. The summed E-state index contributed by atoms with van der Waals surface area (Å²) in [5.41, 5.74) is 0.872. The molecule has 1 aromatic rings. The van der Waals surface area contributed by atoms with Crippen LogP contribution in [0.15, 0.2) is 18.3 Å². The van der Waals surface area contributed by atoms with Crippen LogP contribution < -0.4 is 4.90 Å². The van der Waals surface area contributed by atoms with Crippen LogP contribution in [-0.4, -0.2) is 23.2 Å². The molecule has 3 heteroatoms. The summed E-state index contributed by atoms with van der Waals surface area (Å²) in [6, 6.07) is 3.94. The van der Waals surface area contributed by atoms with Gasteiger partial charge in [-0.1, -0.05) is 19.9 Å². The normalized spacial score (nSPS) is 12.5. The number of aromatic nitrogens is 1. The van der Waals surface area contributed by atoms with E-state index in [2.05, 4.69) is 23.7 Å². The highest BCUT2D eigenvalue weighted by Crippen LogP contribution is 2.16. The van der Waals surface area contributed by atoms with Gasteiger partial charge in [0.1, 0.15) is 5.82 Å². The van der Waals surface area contributed by atoms with Crippen LogP contribution in [0, 0.1) is 0 Å². The van der Waals surface area contributed by atoms with E-state index in [-0.39, 0.29) is 0 Å². The Balaban J connectivity index is 2.76. The molecule has 0 aromatic carbocycles. The Morgan fingerprint density at radius 3 is 2.25 bits per heavy atom. The fraction of sp³-hybridized carbons (Fsp3) is 0.615. The van der Waals surface area contributed by atoms with E-state index in [1.807, 2.05) is 12.1 Å². The second-order valence-corrected chi connectivity index (χ2v) is 4.11. The summed E-state index contributed by atoms with van der Waals surface area (Å²) in [7, 11) is 0. The predicted octanol–water partition coefficient (Wildman–Crippen LogP) is 2.76. The van der Waals surface area contributed by atoms with E-state index in [0.29, 0.717) is 0 Å². The van der Waals surface area contributed by atoms with Crippen molar-refractivity contribution in [3.05, 3.63) is 23.9 Å². The SMILES string of the molecule is CCCN(CCC)c1ccc([C@H](C)O)cn1. The molecular formula is C13H22N2O. The fourth-order valence-electron chi connectivity index (χ4n) is 1.71. The van der Waals surface area contributed by atoms with Gasteiger partial charge in [0.05, 0.1) is 6.10 Å². The molecule has 1 rings (SSSR count). The van der Waals surface area contributed by atoms with E-state index in [0.717, 1.165) is 37.3 Å². The first-order chi connectivity index (χ1) is 7.69. The number of aliphatic hydroxyl groups excluding tert-OH is 1. The van der Waals surface area contributed by atoms with Crippen molar-refractivity contribution < 1.29 is 5.11 Å². The summed E-state index contributed by atoms with van der Waals surface area (Å²) in [6.07, 6.45) is 3.57. The quantitative estimate of drug-likeness (QED) is 0.804. The van der Waals surface area contributed by atoms with Gasteiger partial charge in [-0.2, -0.15) is 0 Å². The third-order valence-corrected chi connectivity index (χ3v) is 2.56. The van der Waals surface area contributed by atoms with Gasteiger partial charge in [-0.05, 0) is 31.4 Å². The second kappa shape index (κ2) is 6.48. The summed E-state index contributed by atoms with van der Waals surface area (Å²) in [5.74, 6) is 1.01. The lowest BCUT2D eigenvalue weighted by atomic mass is 10.2. The van der Waals surface area contributed by atoms with Crippen LogP contribution in [0.1, 0.15) is 45.3 Å². The van der Waals surface area contributed by atoms with Crippen molar-refractivity contribution in [1.29, 1.82) is 0 Å². The van der Waals surface area contributed by atoms with Crippen LogP contribution in [0.4, 0.5) is 5.82 Å². The predicted molar refractivity (Wildman–Crippen MR) is 67.7 cm³/mol. The topological polar surface area (TPSA) is 36.4 Å². The molecular weight excluding hydrogens is 200 g/mol. The van der Waals surface area contributed by atoms with Gasteiger partial charge >= 0.3 is 0 Å². The molecule has 0 radical (unpaired) electrons. The first-order valence-electron chi connectivity index (χ1n) is 6.08. The van der Waals surface area contributed by atoms with Gasteiger partial charge in [0.15, 0.2) is 0 Å². The summed E-state index contributed by atoms with van der Waals surface area (Å²) in [4.78, 5) is 6.69. The molecule has 0 aliphatic carbocycles. The summed E-state index contributed by atoms with van der Waals surface area (Å²) < 4.78 is 0. The van der Waals surface area contributed by atoms with Crippen LogP contribution in [0.5, 0.6) is 0 Å². The molecule has 0 aliphatic rings. The molecule has 1 heterocycles. The Bertz CT molecular complexity index is 289. The largest absolute Gasteiger partial charge is 0.389 e. The van der Waals surface area contributed by atoms with Crippen molar-refractivity contribution >= 4 is 5.82 Å². The van der Waals surface area contributed by atoms with Crippen LogP contribution in [-0.2, 0) is 0 Å². The molecule has 0 saturated heterocycles. The van der Waals surface area contributed by atoms with Gasteiger partial charge in [-0.15, -0.1) is 0 Å². The minimum atomic E-state index is -0.438. The number of pyridine rings is 1. The minimum absolute atomic E-state index is 0.438. The van der Waals surface area contributed by atoms with Gasteiger partial charge in [0, 0.05) is 19.3 Å². The Morgan fingerprint density at radius 1 is 1.25 bits per heavy atom. The zero-order chi connectivity index (χ0) is 12.0. The zero-order valence-electron chi connectivity index (χ0n) is 10.5. The summed E-state index contributed by atoms with van der Waals surface area (Å²) >= 11 is 0. The number of hydrogen-bond donors (Lipinski definition) is 1. The highest BCUT2D eigenvalue weighted by Gasteiger charge is 2.07. The Kier molecular flexibility index (Phi) is 5.26. The smallest absolute Gasteiger partial charge is 0.128 e. The lowest BCUT2D eigenvalue weighted by Gasteiger charge is -2.22. The lowest BCUT2D eigenvalue weighted by molar-refractivity contribution is 0.199. The van der Waals surface area contributed by atoms with Crippen LogP contribution in [0.25, 0.3) is 0 Å². The van der Waals surface area contributed by atoms with Crippen molar-refractivity contribution in [2.45, 2.75) is 39.7 Å². The average Bonchev–Trinajstić information content (AvgIpc) is 2.29. The molecule has 90 valence electrons. The Labute approximate surface area is 98.1 Å². The number of anilines is 1. The third kappa shape index (κ3) is 3.49. The van der Waals surface area contributed by atoms with E-state index in [4.69, 9.17) is 0 Å². The van der Waals surface area contributed by atoms with Gasteiger partial charge in [-0.25, -0.2) is 4.98 Å². The standard InChI is InChI=1S/C13H22N2O/c1-4-8-15(9-5-2)13-7-6-12(10-14-13)11(3)16/h6-7,10-11,16H,4-5,8-9H2,1-3H3/t11-/m0/s1. The number of hydrogen-bond acceptors (Lipinski definition) is 3. The molecule has 16 heavy (non-hydrogen) atoms. The van der Waals surface area contributed by atoms with E-state index in [9.17, 15) is 5.11 Å². The third-order valence-electron chi connectivity index (χ3n) is 2.56. The van der Waals surface area contributed by atoms with Gasteiger partial charge in [0.25, 0.3) is 0 Å². The van der Waals surface area contributed by atoms with Crippen LogP contribution in [0.3, 0.4) is 0 Å². The van der Waals surface area contributed by atoms with Crippen molar-refractivity contribution in [2.75, 3.05) is 18.0 Å². The lowest BCUT2D eigenvalue weighted by Crippen LogP contribution is -2.25. The van der Waals surface area contributed by atoms with E-state index in [1.165, 1.54) is 0 Å². The highest BCUT2D eigenvalue weighted by molar-refractivity contribution is 5.39. The molecule has 0 unspecified atom stereocenters. The maximum atomic E-state index is 9.41. The molecule has 1 atom stereocenters. The minimum Gasteiger partial charge on any atom is -0.389 e. The van der Waals surface area contributed by atoms with E-state index in [1.54, 1.807) is 13.1 Å². The molecule has 0 bridgehead atoms. The molecule has 1 N–H and O–H groups in total. The van der Waals surface area contributed by atoms with Crippen molar-refractivity contribution in [3.8, 4) is 0 Å². The van der Waals surface area contributed by atoms with Crippen molar-refractivity contribution in [2.24, 2.45) is 0 Å². The maximum absolute atomic E-state index is 9.41. The van der Waals surface area contributed by atoms with Crippen LogP contribution in [0.2, 0.25) is 0 Å². The van der Waals surface area contributed by atoms with Crippen LogP contribution >= 0.6 is 0 Å². The average molecular weight is 222 g/mol. The maximum Gasteiger partial charge on any atom is 0.128 e. The van der Waals surface area contributed by atoms with E-state index >= 15 is 0 Å². The molecule has 0 spiro atoms. The Hall–Kier alpha value is -1.09. The monoisotopic (exact) mass is 222 g/mol. The molecule has 0 fully saturated rings. The second-order valence-electron chi connectivity index (χ2n) is 4.11. The number of rotatable bonds is 6. The van der Waals surface area contributed by atoms with E-state index < -0.39 is 6.10 Å². The van der Waals surface area contributed by atoms with Gasteiger partial charge < -0.3 is 10.0 Å². The summed E-state index contributed by atoms with van der Waals surface area (Å²) in [5, 5.41) is 9.41. The first-order valence-corrected chi connectivity index (χ1v) is 6.08. The first kappa shape index (κ1) is 13.0. The fourth-order valence-corrected chi connectivity index (χ4v) is 1.71. The molecule has 0 amide bonds. The number of nitrogens with zero attached hydrogens (tertiary/aromatic N) is 2. The molecule has 0 saturated carbocycles. The molecule has 0 aliphatic heterocycles.